The molecule has 0 amide bonds. The summed E-state index contributed by atoms with van der Waals surface area (Å²) in [5, 5.41) is 2.50. The number of fused-ring (bicyclic) bond motifs is 2. The molecule has 2 heterocycles. The van der Waals surface area contributed by atoms with Crippen molar-refractivity contribution in [3.63, 3.8) is 0 Å². The molecular weight excluding hydrogens is 544 g/mol. The smallest absolute Gasteiger partial charge is 0.137 e. The summed E-state index contributed by atoms with van der Waals surface area (Å²) in [6.45, 7) is 4.41. The van der Waals surface area contributed by atoms with Gasteiger partial charge in [-0.2, -0.15) is 0 Å². The predicted molar refractivity (Wildman–Crippen MR) is 189 cm³/mol. The summed E-state index contributed by atoms with van der Waals surface area (Å²) < 4.78 is 2.19. The minimum absolute atomic E-state index is 0.941. The van der Waals surface area contributed by atoms with Crippen LogP contribution in [0.5, 0.6) is 0 Å². The van der Waals surface area contributed by atoms with E-state index in [0.717, 1.165) is 28.2 Å². The molecule has 0 spiro atoms. The van der Waals surface area contributed by atoms with E-state index in [4.69, 9.17) is 4.98 Å². The normalized spacial score (nSPS) is 11.3. The zero-order valence-electron chi connectivity index (χ0n) is 25.4. The summed E-state index contributed by atoms with van der Waals surface area (Å²) in [7, 11) is 0. The van der Waals surface area contributed by atoms with E-state index in [0.29, 0.717) is 0 Å². The topological polar surface area (TPSA) is 17.3 Å². The van der Waals surface area contributed by atoms with Crippen LogP contribution in [0.25, 0.3) is 72.3 Å². The van der Waals surface area contributed by atoms with Crippen LogP contribution in [0.2, 0.25) is 0 Å². The van der Waals surface area contributed by atoms with E-state index in [1.807, 2.05) is 12.1 Å². The van der Waals surface area contributed by atoms with Crippen LogP contribution < -0.4 is 0 Å². The van der Waals surface area contributed by atoms with Gasteiger partial charge in [-0.05, 0) is 106 Å². The highest BCUT2D eigenvalue weighted by Gasteiger charge is 2.16. The first-order valence-electron chi connectivity index (χ1n) is 15.5. The molecule has 8 aromatic rings. The predicted octanol–water partition coefficient (Wildman–Crippen LogP) is 11.4. The van der Waals surface area contributed by atoms with Crippen molar-refractivity contribution in [2.24, 2.45) is 0 Å². The third-order valence-electron chi connectivity index (χ3n) is 9.00. The molecule has 0 aliphatic carbocycles. The molecule has 0 unspecified atom stereocenters. The van der Waals surface area contributed by atoms with E-state index >= 15 is 0 Å². The molecule has 2 heteroatoms. The van der Waals surface area contributed by atoms with Gasteiger partial charge in [0.25, 0.3) is 0 Å². The Bertz CT molecular complexity index is 2330. The van der Waals surface area contributed by atoms with Crippen LogP contribution in [0.3, 0.4) is 0 Å². The third-order valence-corrected chi connectivity index (χ3v) is 9.00. The second kappa shape index (κ2) is 11.1. The first kappa shape index (κ1) is 26.9. The fourth-order valence-electron chi connectivity index (χ4n) is 6.44. The van der Waals surface area contributed by atoms with Gasteiger partial charge < -0.3 is 0 Å². The monoisotopic (exact) mass is 576 g/mol. The first-order chi connectivity index (χ1) is 22.1. The maximum Gasteiger partial charge on any atom is 0.137 e. The molecule has 0 fully saturated rings. The Morgan fingerprint density at radius 3 is 1.93 bits per heavy atom. The minimum atomic E-state index is 0.941. The Kier molecular flexibility index (Phi) is 6.61. The van der Waals surface area contributed by atoms with Crippen molar-refractivity contribution in [3.8, 4) is 55.9 Å². The van der Waals surface area contributed by atoms with Crippen molar-refractivity contribution < 1.29 is 0 Å². The highest BCUT2D eigenvalue weighted by molar-refractivity contribution is 5.90. The molecule has 2 aromatic heterocycles. The van der Waals surface area contributed by atoms with Gasteiger partial charge in [0.2, 0.25) is 0 Å². The molecule has 0 aliphatic rings. The van der Waals surface area contributed by atoms with Gasteiger partial charge in [0.1, 0.15) is 5.65 Å². The number of pyridine rings is 1. The van der Waals surface area contributed by atoms with Gasteiger partial charge in [-0.3, -0.25) is 4.40 Å². The highest BCUT2D eigenvalue weighted by Crippen LogP contribution is 2.38. The lowest BCUT2D eigenvalue weighted by Crippen LogP contribution is -1.91. The quantitative estimate of drug-likeness (QED) is 0.199. The molecule has 0 atom stereocenters. The van der Waals surface area contributed by atoms with Crippen LogP contribution in [-0.2, 0) is 0 Å². The molecule has 2 nitrogen and oxygen atoms in total. The Hall–Kier alpha value is -5.73. The van der Waals surface area contributed by atoms with Gasteiger partial charge in [0, 0.05) is 17.3 Å². The lowest BCUT2D eigenvalue weighted by atomic mass is 9.90. The van der Waals surface area contributed by atoms with Gasteiger partial charge in [-0.25, -0.2) is 4.98 Å². The van der Waals surface area contributed by atoms with Crippen LogP contribution in [0.4, 0.5) is 0 Å². The van der Waals surface area contributed by atoms with E-state index in [9.17, 15) is 0 Å². The Morgan fingerprint density at radius 1 is 0.444 bits per heavy atom. The van der Waals surface area contributed by atoms with Gasteiger partial charge in [-0.15, -0.1) is 0 Å². The standard InChI is InChI=1S/C43H32N2/c1-29-11-10-16-40(30(29)2)39-27-37(26-38(28-39)36-23-20-31-12-6-7-15-35(31)25-36)32-18-21-34(22-19-32)43-42(33-13-4-3-5-14-33)44-41-17-8-9-24-45(41)43/h3-28H,1-2H3. The zero-order valence-corrected chi connectivity index (χ0v) is 25.4. The molecule has 0 saturated carbocycles. The van der Waals surface area contributed by atoms with Crippen LogP contribution in [0, 0.1) is 13.8 Å². The summed E-state index contributed by atoms with van der Waals surface area (Å²) >= 11 is 0. The highest BCUT2D eigenvalue weighted by atomic mass is 15.0. The molecule has 45 heavy (non-hydrogen) atoms. The van der Waals surface area contributed by atoms with Crippen LogP contribution in [0.15, 0.2) is 158 Å². The first-order valence-corrected chi connectivity index (χ1v) is 15.5. The molecule has 8 rings (SSSR count). The van der Waals surface area contributed by atoms with Crippen molar-refractivity contribution in [2.45, 2.75) is 13.8 Å². The van der Waals surface area contributed by atoms with Crippen LogP contribution >= 0.6 is 0 Å². The van der Waals surface area contributed by atoms with Crippen molar-refractivity contribution in [3.05, 3.63) is 169 Å². The lowest BCUT2D eigenvalue weighted by molar-refractivity contribution is 1.19. The Morgan fingerprint density at radius 2 is 1.11 bits per heavy atom. The summed E-state index contributed by atoms with van der Waals surface area (Å²) in [4.78, 5) is 5.03. The number of nitrogens with zero attached hydrogens (tertiary/aromatic N) is 2. The summed E-state index contributed by atoms with van der Waals surface area (Å²) in [6, 6.07) is 54.5. The minimum Gasteiger partial charge on any atom is -0.299 e. The molecular formula is C43H32N2. The van der Waals surface area contributed by atoms with Gasteiger partial charge >= 0.3 is 0 Å². The SMILES string of the molecule is Cc1cccc(-c2cc(-c3ccc(-c4c(-c5ccccc5)nc5ccccn45)cc3)cc(-c3ccc4ccccc4c3)c2)c1C. The summed E-state index contributed by atoms with van der Waals surface area (Å²) in [5.74, 6) is 0. The molecule has 0 bridgehead atoms. The Labute approximate surface area is 263 Å². The fraction of sp³-hybridized carbons (Fsp3) is 0.0465. The van der Waals surface area contributed by atoms with Crippen molar-refractivity contribution in [1.29, 1.82) is 0 Å². The van der Waals surface area contributed by atoms with Crippen LogP contribution in [-0.4, -0.2) is 9.38 Å². The third kappa shape index (κ3) is 4.91. The maximum atomic E-state index is 5.03. The number of benzene rings is 6. The second-order valence-corrected chi connectivity index (χ2v) is 11.8. The average Bonchev–Trinajstić information content (AvgIpc) is 3.49. The van der Waals surface area contributed by atoms with Gasteiger partial charge in [0.15, 0.2) is 0 Å². The molecule has 0 aliphatic heterocycles. The molecule has 6 aromatic carbocycles. The molecule has 0 N–H and O–H groups in total. The number of hydrogen-bond acceptors (Lipinski definition) is 1. The van der Waals surface area contributed by atoms with E-state index in [1.165, 1.54) is 55.3 Å². The number of aryl methyl sites for hydroxylation is 1. The molecule has 0 saturated heterocycles. The summed E-state index contributed by atoms with van der Waals surface area (Å²) in [6.07, 6.45) is 2.10. The fourth-order valence-corrected chi connectivity index (χ4v) is 6.44. The lowest BCUT2D eigenvalue weighted by Gasteiger charge is -2.15. The van der Waals surface area contributed by atoms with E-state index in [2.05, 4.69) is 164 Å². The summed E-state index contributed by atoms with van der Waals surface area (Å²) in [5.41, 5.74) is 15.2. The van der Waals surface area contributed by atoms with Crippen LogP contribution in [0.1, 0.15) is 11.1 Å². The second-order valence-electron chi connectivity index (χ2n) is 11.8. The number of aromatic nitrogens is 2. The molecule has 0 radical (unpaired) electrons. The Balaban J connectivity index is 1.27. The zero-order chi connectivity index (χ0) is 30.3. The molecule has 214 valence electrons. The maximum absolute atomic E-state index is 5.03. The number of rotatable bonds is 5. The largest absolute Gasteiger partial charge is 0.299 e. The number of hydrogen-bond donors (Lipinski definition) is 0. The van der Waals surface area contributed by atoms with E-state index < -0.39 is 0 Å². The van der Waals surface area contributed by atoms with Gasteiger partial charge in [0.05, 0.1) is 11.4 Å². The number of imidazole rings is 1. The average molecular weight is 577 g/mol. The van der Waals surface area contributed by atoms with Crippen molar-refractivity contribution >= 4 is 16.4 Å². The van der Waals surface area contributed by atoms with Crippen molar-refractivity contribution in [1.82, 2.24) is 9.38 Å². The van der Waals surface area contributed by atoms with E-state index in [1.54, 1.807) is 0 Å². The van der Waals surface area contributed by atoms with Crippen molar-refractivity contribution in [2.75, 3.05) is 0 Å². The van der Waals surface area contributed by atoms with Gasteiger partial charge in [-0.1, -0.05) is 115 Å². The van der Waals surface area contributed by atoms with E-state index in [-0.39, 0.29) is 0 Å².